The molecule has 6 heteroatoms. The Kier molecular flexibility index (Phi) is 7.53. The van der Waals surface area contributed by atoms with Gasteiger partial charge in [0.15, 0.2) is 6.10 Å². The zero-order valence-corrected chi connectivity index (χ0v) is 14.2. The van der Waals surface area contributed by atoms with Gasteiger partial charge in [0.05, 0.1) is 26.2 Å². The molecule has 0 radical (unpaired) electrons. The van der Waals surface area contributed by atoms with Gasteiger partial charge in [-0.3, -0.25) is 4.48 Å². The molecule has 1 aliphatic rings. The summed E-state index contributed by atoms with van der Waals surface area (Å²) in [5.41, 5.74) is 0. The lowest BCUT2D eigenvalue weighted by Crippen LogP contribution is -2.70. The molecule has 1 unspecified atom stereocenters. The number of hydrogen-bond donors (Lipinski definition) is 1. The summed E-state index contributed by atoms with van der Waals surface area (Å²) >= 11 is 0. The zero-order chi connectivity index (χ0) is 16.0. The van der Waals surface area contributed by atoms with Crippen molar-refractivity contribution in [1.29, 1.82) is 0 Å². The van der Waals surface area contributed by atoms with Crippen LogP contribution in [0, 0.1) is 0 Å². The fourth-order valence-electron chi connectivity index (χ4n) is 3.50. The van der Waals surface area contributed by atoms with Gasteiger partial charge in [0, 0.05) is 21.3 Å². The quantitative estimate of drug-likeness (QED) is 0.667. The molecule has 0 aromatic carbocycles. The molecule has 0 spiro atoms. The molecule has 5 atom stereocenters. The Hall–Kier alpha value is -0.240. The lowest BCUT2D eigenvalue weighted by molar-refractivity contribution is -0.974. The Bertz CT molecular complexity index is 290. The topological polar surface area (TPSA) is 57.2 Å². The van der Waals surface area contributed by atoms with Crippen molar-refractivity contribution < 1.29 is 28.5 Å². The summed E-state index contributed by atoms with van der Waals surface area (Å²) in [6.07, 6.45) is -1.42. The number of likely N-dealkylation sites (N-methyl/N-ethyl adjacent to an activating group) is 1. The molecule has 0 aromatic heterocycles. The van der Waals surface area contributed by atoms with Gasteiger partial charge in [0.2, 0.25) is 6.23 Å². The highest BCUT2D eigenvalue weighted by atomic mass is 16.6. The summed E-state index contributed by atoms with van der Waals surface area (Å²) in [5, 5.41) is 9.66. The van der Waals surface area contributed by atoms with Crippen LogP contribution in [0.2, 0.25) is 0 Å². The highest BCUT2D eigenvalue weighted by Crippen LogP contribution is 2.32. The van der Waals surface area contributed by atoms with Gasteiger partial charge in [-0.25, -0.2) is 0 Å². The summed E-state index contributed by atoms with van der Waals surface area (Å²) in [6, 6.07) is 0. The van der Waals surface area contributed by atoms with Crippen molar-refractivity contribution in [2.45, 2.75) is 51.4 Å². The number of hydrogen-bond acceptors (Lipinski definition) is 5. The Morgan fingerprint density at radius 1 is 0.857 bits per heavy atom. The maximum Gasteiger partial charge on any atom is 0.223 e. The van der Waals surface area contributed by atoms with Gasteiger partial charge in [-0.15, -0.1) is 0 Å². The van der Waals surface area contributed by atoms with Crippen molar-refractivity contribution in [2.75, 3.05) is 47.6 Å². The number of methoxy groups -OCH3 is 3. The van der Waals surface area contributed by atoms with E-state index < -0.39 is 6.10 Å². The summed E-state index contributed by atoms with van der Waals surface area (Å²) in [6.45, 7) is 9.17. The Morgan fingerprint density at radius 2 is 1.33 bits per heavy atom. The summed E-state index contributed by atoms with van der Waals surface area (Å²) < 4.78 is 23.8. The molecular formula is C15H32NO5+. The number of nitrogens with zero attached hydrogens (tertiary/aromatic N) is 1. The summed E-state index contributed by atoms with van der Waals surface area (Å²) in [4.78, 5) is 0. The first-order valence-corrected chi connectivity index (χ1v) is 7.79. The molecule has 1 aliphatic heterocycles. The zero-order valence-electron chi connectivity index (χ0n) is 14.2. The van der Waals surface area contributed by atoms with Crippen molar-refractivity contribution in [2.24, 2.45) is 0 Å². The van der Waals surface area contributed by atoms with Gasteiger partial charge >= 0.3 is 0 Å². The molecule has 1 rings (SSSR count). The van der Waals surface area contributed by atoms with Crippen molar-refractivity contribution in [3.63, 3.8) is 0 Å². The van der Waals surface area contributed by atoms with E-state index in [4.69, 9.17) is 18.9 Å². The molecule has 0 aromatic rings. The monoisotopic (exact) mass is 306 g/mol. The predicted octanol–water partition coefficient (Wildman–Crippen LogP) is 0.625. The summed E-state index contributed by atoms with van der Waals surface area (Å²) in [7, 11) is 4.93. The molecular weight excluding hydrogens is 274 g/mol. The lowest BCUT2D eigenvalue weighted by atomic mass is 9.95. The van der Waals surface area contributed by atoms with Crippen LogP contribution in [-0.4, -0.2) is 87.8 Å². The summed E-state index contributed by atoms with van der Waals surface area (Å²) in [5.74, 6) is 0. The molecule has 1 fully saturated rings. The van der Waals surface area contributed by atoms with Crippen LogP contribution in [0.5, 0.6) is 0 Å². The smallest absolute Gasteiger partial charge is 0.223 e. The van der Waals surface area contributed by atoms with Crippen molar-refractivity contribution >= 4 is 0 Å². The second kappa shape index (κ2) is 8.41. The van der Waals surface area contributed by atoms with E-state index in [9.17, 15) is 5.11 Å². The molecule has 0 bridgehead atoms. The van der Waals surface area contributed by atoms with Gasteiger partial charge in [-0.2, -0.15) is 0 Å². The normalized spacial score (nSPS) is 34.1. The van der Waals surface area contributed by atoms with E-state index in [2.05, 4.69) is 20.8 Å². The van der Waals surface area contributed by atoms with E-state index in [0.717, 1.165) is 24.1 Å². The van der Waals surface area contributed by atoms with Gasteiger partial charge < -0.3 is 24.1 Å². The Morgan fingerprint density at radius 3 is 1.67 bits per heavy atom. The predicted molar refractivity (Wildman–Crippen MR) is 80.0 cm³/mol. The van der Waals surface area contributed by atoms with Gasteiger partial charge in [0.25, 0.3) is 0 Å². The first kappa shape index (κ1) is 18.8. The third kappa shape index (κ3) is 3.41. The minimum absolute atomic E-state index is 0.0948. The fraction of sp³-hybridized carbons (Fsp3) is 1.00. The van der Waals surface area contributed by atoms with Gasteiger partial charge in [-0.05, 0) is 20.8 Å². The van der Waals surface area contributed by atoms with Crippen LogP contribution in [0.15, 0.2) is 0 Å². The lowest BCUT2D eigenvalue weighted by Gasteiger charge is -2.52. The van der Waals surface area contributed by atoms with E-state index in [1.165, 1.54) is 0 Å². The SMILES string of the molecule is CC[N+](CC)(CC)C1O[C@H](CO)[C@@H](OC)[C@H](OC)[C@H]1OC. The molecule has 1 heterocycles. The van der Waals surface area contributed by atoms with Crippen LogP contribution < -0.4 is 0 Å². The Balaban J connectivity index is 3.17. The van der Waals surface area contributed by atoms with Gasteiger partial charge in [0.1, 0.15) is 18.3 Å². The minimum Gasteiger partial charge on any atom is -0.394 e. The molecule has 0 aliphatic carbocycles. The maximum atomic E-state index is 9.66. The highest BCUT2D eigenvalue weighted by Gasteiger charge is 2.54. The maximum absolute atomic E-state index is 9.66. The number of aliphatic hydroxyl groups is 1. The van der Waals surface area contributed by atoms with E-state index in [1.807, 2.05) is 0 Å². The van der Waals surface area contributed by atoms with Crippen molar-refractivity contribution in [1.82, 2.24) is 0 Å². The van der Waals surface area contributed by atoms with E-state index in [1.54, 1.807) is 21.3 Å². The third-order valence-corrected chi connectivity index (χ3v) is 5.03. The second-order valence-corrected chi connectivity index (χ2v) is 5.52. The first-order valence-electron chi connectivity index (χ1n) is 7.79. The van der Waals surface area contributed by atoms with Crippen molar-refractivity contribution in [3.8, 4) is 0 Å². The Labute approximate surface area is 128 Å². The molecule has 1 N–H and O–H groups in total. The second-order valence-electron chi connectivity index (χ2n) is 5.52. The molecule has 21 heavy (non-hydrogen) atoms. The average molecular weight is 306 g/mol. The number of aliphatic hydroxyl groups excluding tert-OH is 1. The highest BCUT2D eigenvalue weighted by molar-refractivity contribution is 4.92. The van der Waals surface area contributed by atoms with Crippen molar-refractivity contribution in [3.05, 3.63) is 0 Å². The first-order chi connectivity index (χ1) is 10.1. The molecule has 126 valence electrons. The largest absolute Gasteiger partial charge is 0.394 e. The molecule has 6 nitrogen and oxygen atoms in total. The van der Waals surface area contributed by atoms with E-state index in [-0.39, 0.29) is 31.1 Å². The fourth-order valence-corrected chi connectivity index (χ4v) is 3.50. The third-order valence-electron chi connectivity index (χ3n) is 5.03. The number of quaternary nitrogens is 1. The van der Waals surface area contributed by atoms with Gasteiger partial charge in [-0.1, -0.05) is 0 Å². The van der Waals surface area contributed by atoms with Crippen LogP contribution in [-0.2, 0) is 18.9 Å². The average Bonchev–Trinajstić information content (AvgIpc) is 2.55. The van der Waals surface area contributed by atoms with Crippen LogP contribution >= 0.6 is 0 Å². The minimum atomic E-state index is -0.404. The van der Waals surface area contributed by atoms with Crippen LogP contribution in [0.4, 0.5) is 0 Å². The molecule has 0 amide bonds. The number of ether oxygens (including phenoxy) is 4. The van der Waals surface area contributed by atoms with Crippen LogP contribution in [0.25, 0.3) is 0 Å². The molecule has 1 saturated heterocycles. The van der Waals surface area contributed by atoms with Crippen LogP contribution in [0.3, 0.4) is 0 Å². The number of rotatable bonds is 8. The molecule has 0 saturated carbocycles. The standard InChI is InChI=1S/C15H32NO5/c1-7-16(8-2,9-3)15-14(20-6)13(19-5)12(18-4)11(10-17)21-15/h11-15,17H,7-10H2,1-6H3/q+1/t11-,12-,13+,14-,15?/m1/s1. The van der Waals surface area contributed by atoms with Crippen LogP contribution in [0.1, 0.15) is 20.8 Å². The van der Waals surface area contributed by atoms with E-state index in [0.29, 0.717) is 0 Å². The van der Waals surface area contributed by atoms with E-state index >= 15 is 0 Å².